The van der Waals surface area contributed by atoms with Crippen molar-refractivity contribution in [2.24, 2.45) is 5.92 Å². The van der Waals surface area contributed by atoms with E-state index < -0.39 is 0 Å². The first kappa shape index (κ1) is 12.9. The third-order valence-corrected chi connectivity index (χ3v) is 2.94. The molecule has 1 atom stereocenters. The topological polar surface area (TPSA) is 38.7 Å². The monoisotopic (exact) mass is 246 g/mol. The molecule has 0 spiro atoms. The lowest BCUT2D eigenvalue weighted by Crippen LogP contribution is -2.12. The predicted octanol–water partition coefficient (Wildman–Crippen LogP) is 1.75. The molecule has 1 saturated heterocycles. The first-order chi connectivity index (χ1) is 8.79. The Morgan fingerprint density at radius 1 is 1.50 bits per heavy atom. The molecule has 1 unspecified atom stereocenters. The summed E-state index contributed by atoms with van der Waals surface area (Å²) in [7, 11) is 0. The molecule has 2 rings (SSSR count). The molecule has 1 aliphatic heterocycles. The van der Waals surface area contributed by atoms with Gasteiger partial charge in [0, 0.05) is 12.5 Å². The van der Waals surface area contributed by atoms with Crippen LogP contribution in [-0.4, -0.2) is 31.5 Å². The van der Waals surface area contributed by atoms with Crippen LogP contribution in [0.15, 0.2) is 18.2 Å². The highest BCUT2D eigenvalue weighted by Gasteiger charge is 2.16. The van der Waals surface area contributed by atoms with E-state index in [2.05, 4.69) is 11.8 Å². The minimum atomic E-state index is -0.135. The molecule has 1 fully saturated rings. The molecule has 0 amide bonds. The Kier molecular flexibility index (Phi) is 4.63. The van der Waals surface area contributed by atoms with Gasteiger partial charge in [-0.05, 0) is 31.0 Å². The molecule has 0 radical (unpaired) electrons. The fourth-order valence-electron chi connectivity index (χ4n) is 1.92. The van der Waals surface area contributed by atoms with Crippen molar-refractivity contribution in [3.8, 4) is 17.6 Å². The third-order valence-electron chi connectivity index (χ3n) is 2.94. The predicted molar refractivity (Wildman–Crippen MR) is 69.6 cm³/mol. The van der Waals surface area contributed by atoms with Gasteiger partial charge in [0.25, 0.3) is 0 Å². The van der Waals surface area contributed by atoms with Gasteiger partial charge in [-0.15, -0.1) is 0 Å². The minimum absolute atomic E-state index is 0.135. The highest BCUT2D eigenvalue weighted by molar-refractivity contribution is 5.48. The molecule has 1 N–H and O–H groups in total. The summed E-state index contributed by atoms with van der Waals surface area (Å²) in [5.74, 6) is 6.85. The van der Waals surface area contributed by atoms with Crippen molar-refractivity contribution in [3.63, 3.8) is 0 Å². The van der Waals surface area contributed by atoms with Crippen LogP contribution in [0.4, 0.5) is 0 Å². The lowest BCUT2D eigenvalue weighted by atomic mass is 10.1. The van der Waals surface area contributed by atoms with Gasteiger partial charge < -0.3 is 14.6 Å². The largest absolute Gasteiger partial charge is 0.492 e. The third kappa shape index (κ3) is 3.49. The minimum Gasteiger partial charge on any atom is -0.492 e. The maximum absolute atomic E-state index is 8.76. The smallest absolute Gasteiger partial charge is 0.134 e. The van der Waals surface area contributed by atoms with E-state index >= 15 is 0 Å². The van der Waals surface area contributed by atoms with Crippen molar-refractivity contribution in [2.45, 2.75) is 13.3 Å². The fraction of sp³-hybridized carbons (Fsp3) is 0.467. The Bertz CT molecular complexity index is 451. The summed E-state index contributed by atoms with van der Waals surface area (Å²) in [4.78, 5) is 0. The first-order valence-corrected chi connectivity index (χ1v) is 6.20. The summed E-state index contributed by atoms with van der Waals surface area (Å²) in [5, 5.41) is 8.76. The zero-order valence-corrected chi connectivity index (χ0v) is 10.6. The van der Waals surface area contributed by atoms with Crippen LogP contribution in [0, 0.1) is 24.7 Å². The molecule has 18 heavy (non-hydrogen) atoms. The van der Waals surface area contributed by atoms with Crippen LogP contribution in [0.25, 0.3) is 0 Å². The molecule has 96 valence electrons. The fourth-order valence-corrected chi connectivity index (χ4v) is 1.92. The Morgan fingerprint density at radius 2 is 2.39 bits per heavy atom. The van der Waals surface area contributed by atoms with Gasteiger partial charge in [0.05, 0.1) is 18.8 Å². The summed E-state index contributed by atoms with van der Waals surface area (Å²) >= 11 is 0. The van der Waals surface area contributed by atoms with Gasteiger partial charge in [-0.3, -0.25) is 0 Å². The van der Waals surface area contributed by atoms with E-state index in [1.165, 1.54) is 0 Å². The number of ether oxygens (including phenoxy) is 2. The molecule has 0 aromatic heterocycles. The van der Waals surface area contributed by atoms with Crippen molar-refractivity contribution < 1.29 is 14.6 Å². The molecule has 1 heterocycles. The number of hydrogen-bond acceptors (Lipinski definition) is 3. The quantitative estimate of drug-likeness (QED) is 0.826. The second-order valence-electron chi connectivity index (χ2n) is 4.50. The van der Waals surface area contributed by atoms with E-state index in [4.69, 9.17) is 14.6 Å². The van der Waals surface area contributed by atoms with Crippen molar-refractivity contribution >= 4 is 0 Å². The average molecular weight is 246 g/mol. The van der Waals surface area contributed by atoms with Gasteiger partial charge in [-0.25, -0.2) is 0 Å². The molecule has 3 heteroatoms. The summed E-state index contributed by atoms with van der Waals surface area (Å²) in [5.41, 5.74) is 1.97. The Hall–Kier alpha value is -1.50. The van der Waals surface area contributed by atoms with Crippen molar-refractivity contribution in [2.75, 3.05) is 26.4 Å². The van der Waals surface area contributed by atoms with Crippen LogP contribution in [0.2, 0.25) is 0 Å². The van der Waals surface area contributed by atoms with Gasteiger partial charge in [-0.1, -0.05) is 17.9 Å². The Balaban J connectivity index is 2.05. The molecule has 1 aromatic carbocycles. The zero-order chi connectivity index (χ0) is 12.8. The molecular formula is C15H18O3. The van der Waals surface area contributed by atoms with E-state index in [1.54, 1.807) is 0 Å². The number of aliphatic hydroxyl groups excluding tert-OH is 1. The van der Waals surface area contributed by atoms with E-state index in [0.717, 1.165) is 36.5 Å². The number of aryl methyl sites for hydroxylation is 1. The average Bonchev–Trinajstić information content (AvgIpc) is 2.88. The summed E-state index contributed by atoms with van der Waals surface area (Å²) < 4.78 is 11.1. The van der Waals surface area contributed by atoms with Gasteiger partial charge in [0.2, 0.25) is 0 Å². The van der Waals surface area contributed by atoms with E-state index in [0.29, 0.717) is 12.5 Å². The number of rotatable bonds is 3. The van der Waals surface area contributed by atoms with E-state index in [1.807, 2.05) is 25.1 Å². The molecule has 0 saturated carbocycles. The van der Waals surface area contributed by atoms with E-state index in [9.17, 15) is 0 Å². The summed E-state index contributed by atoms with van der Waals surface area (Å²) in [6.45, 7) is 4.15. The van der Waals surface area contributed by atoms with Crippen molar-refractivity contribution in [3.05, 3.63) is 29.3 Å². The molecule has 1 aromatic rings. The van der Waals surface area contributed by atoms with Gasteiger partial charge >= 0.3 is 0 Å². The van der Waals surface area contributed by atoms with Gasteiger partial charge in [-0.2, -0.15) is 0 Å². The highest BCUT2D eigenvalue weighted by Crippen LogP contribution is 2.21. The van der Waals surface area contributed by atoms with Gasteiger partial charge in [0.1, 0.15) is 12.4 Å². The van der Waals surface area contributed by atoms with Crippen molar-refractivity contribution in [1.29, 1.82) is 0 Å². The molecule has 3 nitrogen and oxygen atoms in total. The number of aliphatic hydroxyl groups is 1. The number of hydrogen-bond donors (Lipinski definition) is 1. The normalized spacial score (nSPS) is 18.2. The lowest BCUT2D eigenvalue weighted by molar-refractivity contribution is 0.167. The van der Waals surface area contributed by atoms with Crippen molar-refractivity contribution in [1.82, 2.24) is 0 Å². The highest BCUT2D eigenvalue weighted by atomic mass is 16.5. The van der Waals surface area contributed by atoms with Crippen LogP contribution >= 0.6 is 0 Å². The molecule has 1 aliphatic rings. The van der Waals surface area contributed by atoms with Crippen LogP contribution < -0.4 is 4.74 Å². The Morgan fingerprint density at radius 3 is 3.11 bits per heavy atom. The van der Waals surface area contributed by atoms with Crippen LogP contribution in [0.3, 0.4) is 0 Å². The number of benzene rings is 1. The Labute approximate surface area is 108 Å². The zero-order valence-electron chi connectivity index (χ0n) is 10.6. The van der Waals surface area contributed by atoms with Crippen LogP contribution in [0.5, 0.6) is 5.75 Å². The SMILES string of the molecule is Cc1ccc(OCC2CCOC2)c(C#CCO)c1. The summed E-state index contributed by atoms with van der Waals surface area (Å²) in [6.07, 6.45) is 1.06. The molecule has 0 aliphatic carbocycles. The first-order valence-electron chi connectivity index (χ1n) is 6.20. The maximum Gasteiger partial charge on any atom is 0.134 e. The maximum atomic E-state index is 8.76. The standard InChI is InChI=1S/C15H18O3/c1-12-4-5-15(14(9-12)3-2-7-16)18-11-13-6-8-17-10-13/h4-5,9,13,16H,6-8,10-11H2,1H3. The van der Waals surface area contributed by atoms with Crippen LogP contribution in [0.1, 0.15) is 17.5 Å². The van der Waals surface area contributed by atoms with Gasteiger partial charge in [0.15, 0.2) is 0 Å². The van der Waals surface area contributed by atoms with Crippen LogP contribution in [-0.2, 0) is 4.74 Å². The second-order valence-corrected chi connectivity index (χ2v) is 4.50. The molecular weight excluding hydrogens is 228 g/mol. The second kappa shape index (κ2) is 6.44. The summed E-state index contributed by atoms with van der Waals surface area (Å²) in [6, 6.07) is 5.92. The van der Waals surface area contributed by atoms with E-state index in [-0.39, 0.29) is 6.61 Å². The molecule has 0 bridgehead atoms. The lowest BCUT2D eigenvalue weighted by Gasteiger charge is -2.12.